The van der Waals surface area contributed by atoms with E-state index in [-0.39, 0.29) is 0 Å². The zero-order valence-corrected chi connectivity index (χ0v) is 10.0. The average molecular weight is 236 g/mol. The summed E-state index contributed by atoms with van der Waals surface area (Å²) in [5.74, 6) is 0.322. The molecule has 0 atom stereocenters. The van der Waals surface area contributed by atoms with Gasteiger partial charge in [-0.15, -0.1) is 13.2 Å². The molecule has 1 N–H and O–H groups in total. The Balaban J connectivity index is 0.000000242. The van der Waals surface area contributed by atoms with Crippen molar-refractivity contribution >= 4 is 0 Å². The number of benzene rings is 1. The molecule has 3 heteroatoms. The largest absolute Gasteiger partial charge is 0.508 e. The van der Waals surface area contributed by atoms with E-state index in [2.05, 4.69) is 17.9 Å². The first-order valence-corrected chi connectivity index (χ1v) is 5.42. The number of phenolic OH excluding ortho intramolecular Hbond substituents is 1. The Bertz CT molecular complexity index is 270. The monoisotopic (exact) mass is 236 g/mol. The van der Waals surface area contributed by atoms with E-state index in [1.54, 1.807) is 36.4 Å². The lowest BCUT2D eigenvalue weighted by Gasteiger charge is -1.89. The molecule has 1 saturated heterocycles. The van der Waals surface area contributed by atoms with Crippen molar-refractivity contribution in [3.63, 3.8) is 0 Å². The Hall–Kier alpha value is -1.58. The molecule has 0 unspecified atom stereocenters. The molecule has 0 radical (unpaired) electrons. The first-order valence-electron chi connectivity index (χ1n) is 5.42. The SMILES string of the molecule is C1CO1.C=CCOCC=C.Oc1ccccc1. The number of hydrogen-bond acceptors (Lipinski definition) is 3. The quantitative estimate of drug-likeness (QED) is 0.496. The summed E-state index contributed by atoms with van der Waals surface area (Å²) >= 11 is 0. The number of epoxide rings is 1. The zero-order valence-electron chi connectivity index (χ0n) is 10.0. The normalized spacial score (nSPS) is 11.1. The van der Waals surface area contributed by atoms with Crippen LogP contribution in [-0.4, -0.2) is 31.5 Å². The van der Waals surface area contributed by atoms with Crippen molar-refractivity contribution in [1.82, 2.24) is 0 Å². The van der Waals surface area contributed by atoms with E-state index in [0.29, 0.717) is 19.0 Å². The summed E-state index contributed by atoms with van der Waals surface area (Å²) in [7, 11) is 0. The Labute approximate surface area is 103 Å². The van der Waals surface area contributed by atoms with Crippen LogP contribution in [0.15, 0.2) is 55.6 Å². The van der Waals surface area contributed by atoms with Crippen LogP contribution in [0.4, 0.5) is 0 Å². The van der Waals surface area contributed by atoms with Crippen molar-refractivity contribution in [3.8, 4) is 5.75 Å². The van der Waals surface area contributed by atoms with Gasteiger partial charge in [0.15, 0.2) is 0 Å². The summed E-state index contributed by atoms with van der Waals surface area (Å²) in [4.78, 5) is 0. The van der Waals surface area contributed by atoms with Crippen LogP contribution >= 0.6 is 0 Å². The maximum absolute atomic E-state index is 8.63. The number of ether oxygens (including phenoxy) is 2. The van der Waals surface area contributed by atoms with Crippen molar-refractivity contribution in [2.75, 3.05) is 26.4 Å². The molecule has 1 fully saturated rings. The lowest BCUT2D eigenvalue weighted by molar-refractivity contribution is 0.194. The molecule has 1 aliphatic rings. The van der Waals surface area contributed by atoms with Gasteiger partial charge in [-0.1, -0.05) is 30.4 Å². The zero-order chi connectivity index (χ0) is 12.8. The third-order valence-electron chi connectivity index (χ3n) is 1.43. The number of aromatic hydroxyl groups is 1. The molecule has 1 aromatic carbocycles. The predicted molar refractivity (Wildman–Crippen MR) is 70.1 cm³/mol. The van der Waals surface area contributed by atoms with E-state index in [1.165, 1.54) is 0 Å². The van der Waals surface area contributed by atoms with Crippen LogP contribution in [0.3, 0.4) is 0 Å². The highest BCUT2D eigenvalue weighted by molar-refractivity contribution is 5.18. The van der Waals surface area contributed by atoms with Crippen LogP contribution in [-0.2, 0) is 9.47 Å². The lowest BCUT2D eigenvalue weighted by atomic mass is 10.3. The second kappa shape index (κ2) is 12.5. The van der Waals surface area contributed by atoms with E-state index in [9.17, 15) is 0 Å². The topological polar surface area (TPSA) is 42.0 Å². The van der Waals surface area contributed by atoms with Gasteiger partial charge in [0.25, 0.3) is 0 Å². The van der Waals surface area contributed by atoms with Crippen LogP contribution in [0.1, 0.15) is 0 Å². The van der Waals surface area contributed by atoms with Gasteiger partial charge in [0.1, 0.15) is 5.75 Å². The van der Waals surface area contributed by atoms with Crippen molar-refractivity contribution in [1.29, 1.82) is 0 Å². The smallest absolute Gasteiger partial charge is 0.115 e. The van der Waals surface area contributed by atoms with Crippen LogP contribution in [0, 0.1) is 0 Å². The van der Waals surface area contributed by atoms with Crippen molar-refractivity contribution in [2.24, 2.45) is 0 Å². The first-order chi connectivity index (χ1) is 8.31. The number of para-hydroxylation sites is 1. The highest BCUT2D eigenvalue weighted by Gasteiger charge is 1.94. The lowest BCUT2D eigenvalue weighted by Crippen LogP contribution is -1.87. The Morgan fingerprint density at radius 2 is 1.59 bits per heavy atom. The van der Waals surface area contributed by atoms with Gasteiger partial charge in [0.05, 0.1) is 26.4 Å². The molecule has 1 heterocycles. The van der Waals surface area contributed by atoms with Gasteiger partial charge in [-0.2, -0.15) is 0 Å². The van der Waals surface area contributed by atoms with E-state index in [0.717, 1.165) is 13.2 Å². The Kier molecular flexibility index (Phi) is 11.3. The van der Waals surface area contributed by atoms with Crippen LogP contribution in [0.2, 0.25) is 0 Å². The predicted octanol–water partition coefficient (Wildman–Crippen LogP) is 2.78. The maximum atomic E-state index is 8.63. The molecule has 0 aromatic heterocycles. The third-order valence-corrected chi connectivity index (χ3v) is 1.43. The molecule has 1 aliphatic heterocycles. The molecule has 0 saturated carbocycles. The van der Waals surface area contributed by atoms with Gasteiger partial charge in [-0.05, 0) is 12.1 Å². The average Bonchev–Trinajstić information content (AvgIpc) is 3.19. The summed E-state index contributed by atoms with van der Waals surface area (Å²) < 4.78 is 9.40. The molecule has 1 aromatic rings. The molecular formula is C14H20O3. The van der Waals surface area contributed by atoms with Crippen molar-refractivity contribution in [3.05, 3.63) is 55.6 Å². The summed E-state index contributed by atoms with van der Waals surface area (Å²) in [5.41, 5.74) is 0. The molecule has 94 valence electrons. The molecular weight excluding hydrogens is 216 g/mol. The molecule has 0 spiro atoms. The molecule has 0 bridgehead atoms. The van der Waals surface area contributed by atoms with Crippen LogP contribution in [0.5, 0.6) is 5.75 Å². The molecule has 0 aliphatic carbocycles. The Morgan fingerprint density at radius 3 is 1.82 bits per heavy atom. The van der Waals surface area contributed by atoms with E-state index >= 15 is 0 Å². The van der Waals surface area contributed by atoms with Gasteiger partial charge in [0, 0.05) is 0 Å². The summed E-state index contributed by atoms with van der Waals surface area (Å²) in [5, 5.41) is 8.63. The number of rotatable bonds is 4. The molecule has 2 rings (SSSR count). The summed E-state index contributed by atoms with van der Waals surface area (Å²) in [6.45, 7) is 10.2. The second-order valence-electron chi connectivity index (χ2n) is 3.06. The fourth-order valence-electron chi connectivity index (χ4n) is 0.663. The van der Waals surface area contributed by atoms with E-state index < -0.39 is 0 Å². The number of hydrogen-bond donors (Lipinski definition) is 1. The van der Waals surface area contributed by atoms with E-state index in [1.807, 2.05) is 6.07 Å². The summed E-state index contributed by atoms with van der Waals surface area (Å²) in [6, 6.07) is 8.71. The minimum Gasteiger partial charge on any atom is -0.508 e. The molecule has 17 heavy (non-hydrogen) atoms. The minimum atomic E-state index is 0.322. The fraction of sp³-hybridized carbons (Fsp3) is 0.286. The maximum Gasteiger partial charge on any atom is 0.115 e. The van der Waals surface area contributed by atoms with Gasteiger partial charge in [-0.3, -0.25) is 0 Å². The standard InChI is InChI=1S/C6H6O.C6H10O.C2H4O/c7-6-4-2-1-3-5-6;1-3-5-7-6-4-2;1-2-3-1/h1-5,7H;3-4H,1-2,5-6H2;1-2H2. The van der Waals surface area contributed by atoms with Gasteiger partial charge >= 0.3 is 0 Å². The van der Waals surface area contributed by atoms with Crippen LogP contribution < -0.4 is 0 Å². The Morgan fingerprint density at radius 1 is 1.12 bits per heavy atom. The first kappa shape index (κ1) is 15.4. The summed E-state index contributed by atoms with van der Waals surface area (Å²) in [6.07, 6.45) is 3.42. The van der Waals surface area contributed by atoms with Gasteiger partial charge in [0.2, 0.25) is 0 Å². The third kappa shape index (κ3) is 17.1. The van der Waals surface area contributed by atoms with Crippen LogP contribution in [0.25, 0.3) is 0 Å². The van der Waals surface area contributed by atoms with Gasteiger partial charge < -0.3 is 14.6 Å². The highest BCUT2D eigenvalue weighted by atomic mass is 16.6. The molecule has 3 nitrogen and oxygen atoms in total. The minimum absolute atomic E-state index is 0.322. The van der Waals surface area contributed by atoms with Crippen molar-refractivity contribution in [2.45, 2.75) is 0 Å². The highest BCUT2D eigenvalue weighted by Crippen LogP contribution is 2.02. The molecule has 0 amide bonds. The second-order valence-corrected chi connectivity index (χ2v) is 3.06. The van der Waals surface area contributed by atoms with E-state index in [4.69, 9.17) is 9.84 Å². The fourth-order valence-corrected chi connectivity index (χ4v) is 0.663. The van der Waals surface area contributed by atoms with Crippen molar-refractivity contribution < 1.29 is 14.6 Å². The van der Waals surface area contributed by atoms with Gasteiger partial charge in [-0.25, -0.2) is 0 Å². The number of phenols is 1.